The topological polar surface area (TPSA) is 394 Å². The molecular weight excluding hydrogens is 1190 g/mol. The van der Waals surface area contributed by atoms with Crippen molar-refractivity contribution in [3.05, 3.63) is 134 Å². The van der Waals surface area contributed by atoms with E-state index in [1.165, 1.54) is 48.5 Å². The van der Waals surface area contributed by atoms with E-state index >= 15 is 0 Å². The summed E-state index contributed by atoms with van der Waals surface area (Å²) >= 11 is 0. The van der Waals surface area contributed by atoms with E-state index in [4.69, 9.17) is 48.6 Å². The fourth-order valence-corrected chi connectivity index (χ4v) is 11.8. The fourth-order valence-electron chi connectivity index (χ4n) is 11.4. The third-order valence-electron chi connectivity index (χ3n) is 15.6. The molecule has 12 atom stereocenters. The first kappa shape index (κ1) is 66.3. The van der Waals surface area contributed by atoms with Crippen LogP contribution in [0.5, 0.6) is 0 Å². The number of fused-ring (bicyclic) bond motifs is 4. The highest BCUT2D eigenvalue weighted by atomic mass is 32.2. The number of carbonyl (C=O) groups excluding carboxylic acids is 4. The number of H-pyrrole nitrogens is 2. The first-order valence-corrected chi connectivity index (χ1v) is 29.6. The highest BCUT2D eigenvalue weighted by Crippen LogP contribution is 2.40. The highest BCUT2D eigenvalue weighted by Gasteiger charge is 2.56. The molecule has 480 valence electrons. The first-order chi connectivity index (χ1) is 41.8. The number of hydrogen-bond donors (Lipinski definition) is 13. The Morgan fingerprint density at radius 3 is 1.47 bits per heavy atom. The lowest BCUT2D eigenvalue weighted by atomic mass is 10.0. The van der Waals surface area contributed by atoms with E-state index in [1.54, 1.807) is 65.8 Å². The second-order valence-electron chi connectivity index (χ2n) is 23.0. The summed E-state index contributed by atoms with van der Waals surface area (Å²) in [6, 6.07) is 14.1. The number of ether oxygens (including phenoxy) is 7. The summed E-state index contributed by atoms with van der Waals surface area (Å²) in [4.78, 5) is 57.0. The van der Waals surface area contributed by atoms with E-state index in [0.717, 1.165) is 5.56 Å². The SMILES string of the molecule is CC1(C)O[C@@H]2[C@H](O1)[C@@H](N)O[C@H]2CO.Cc1[nH]c(/C=C2\C(=O)Nc3ccc(F)cc32)c(C)c1C(=O)N[C@H]1O[C@@H](CO)[C@@H]2OC(C)(C)O[C@@H]21.Cc1[nH]c(/C=C2\C(=O)Nc3ccc(F)cc32)c(C)c1C(=O)N[C@H]1O[C@@H](CO)[C@H](O)[C@@H]1O.Cc1ccc(S(=O)(=O)O)cc1. The summed E-state index contributed by atoms with van der Waals surface area (Å²) in [6.07, 6.45) is -5.60. The van der Waals surface area contributed by atoms with Gasteiger partial charge in [0.1, 0.15) is 72.8 Å². The van der Waals surface area contributed by atoms with Crippen LogP contribution < -0.4 is 27.0 Å². The van der Waals surface area contributed by atoms with Gasteiger partial charge in [0.2, 0.25) is 0 Å². The molecule has 26 nitrogen and oxygen atoms in total. The predicted octanol–water partition coefficient (Wildman–Crippen LogP) is 3.09. The van der Waals surface area contributed by atoms with E-state index in [0.29, 0.717) is 67.5 Å². The molecule has 12 rings (SSSR count). The molecule has 0 radical (unpaired) electrons. The molecule has 14 N–H and O–H groups in total. The van der Waals surface area contributed by atoms with Gasteiger partial charge >= 0.3 is 0 Å². The molecule has 0 saturated carbocycles. The van der Waals surface area contributed by atoms with E-state index < -0.39 is 107 Å². The lowest BCUT2D eigenvalue weighted by Crippen LogP contribution is -2.44. The summed E-state index contributed by atoms with van der Waals surface area (Å²) in [5.74, 6) is -4.08. The van der Waals surface area contributed by atoms with Crippen LogP contribution in [0, 0.1) is 46.3 Å². The number of nitrogens with one attached hydrogen (secondary N) is 6. The number of aliphatic hydroxyl groups is 5. The number of anilines is 2. The van der Waals surface area contributed by atoms with Gasteiger partial charge in [0.25, 0.3) is 33.7 Å². The van der Waals surface area contributed by atoms with Crippen LogP contribution in [-0.2, 0) is 52.9 Å². The minimum atomic E-state index is -4.02. The van der Waals surface area contributed by atoms with E-state index in [1.807, 2.05) is 20.8 Å². The lowest BCUT2D eigenvalue weighted by Gasteiger charge is -2.24. The van der Waals surface area contributed by atoms with Gasteiger partial charge in [0.05, 0.1) is 47.0 Å². The van der Waals surface area contributed by atoms with Gasteiger partial charge in [0, 0.05) is 45.3 Å². The molecule has 9 heterocycles. The number of aryl methyl sites for hydroxylation is 3. The van der Waals surface area contributed by atoms with E-state index in [-0.39, 0.29) is 59.4 Å². The van der Waals surface area contributed by atoms with Crippen LogP contribution in [0.2, 0.25) is 0 Å². The number of carbonyl (C=O) groups is 4. The average Bonchev–Trinajstić information content (AvgIpc) is 1.73. The van der Waals surface area contributed by atoms with Gasteiger partial charge in [-0.15, -0.1) is 0 Å². The second-order valence-corrected chi connectivity index (χ2v) is 24.4. The summed E-state index contributed by atoms with van der Waals surface area (Å²) in [7, 11) is -4.02. The molecule has 89 heavy (non-hydrogen) atoms. The molecule has 5 saturated heterocycles. The Labute approximate surface area is 509 Å². The second kappa shape index (κ2) is 26.0. The largest absolute Gasteiger partial charge is 0.394 e. The molecule has 4 amide bonds. The van der Waals surface area contributed by atoms with Crippen LogP contribution in [0.3, 0.4) is 0 Å². The van der Waals surface area contributed by atoms with Gasteiger partial charge < -0.3 is 95.7 Å². The molecule has 5 aromatic rings. The molecule has 5 fully saturated rings. The number of aromatic amines is 2. The van der Waals surface area contributed by atoms with E-state index in [2.05, 4.69) is 31.2 Å². The molecule has 0 unspecified atom stereocenters. The Hall–Kier alpha value is -7.17. The summed E-state index contributed by atoms with van der Waals surface area (Å²) in [5, 5.41) is 58.4. The van der Waals surface area contributed by atoms with Gasteiger partial charge in [-0.25, -0.2) is 8.78 Å². The van der Waals surface area contributed by atoms with Crippen molar-refractivity contribution in [2.24, 2.45) is 5.73 Å². The average molecular weight is 1260 g/mol. The van der Waals surface area contributed by atoms with Crippen LogP contribution in [0.1, 0.15) is 99.0 Å². The quantitative estimate of drug-likeness (QED) is 0.0706. The number of benzene rings is 3. The molecule has 0 aliphatic carbocycles. The van der Waals surface area contributed by atoms with Crippen molar-refractivity contribution >= 4 is 68.4 Å². The molecule has 7 aliphatic rings. The number of hydrogen-bond acceptors (Lipinski definition) is 19. The van der Waals surface area contributed by atoms with Gasteiger partial charge in [-0.1, -0.05) is 17.7 Å². The third-order valence-corrected chi connectivity index (χ3v) is 16.5. The van der Waals surface area contributed by atoms with Crippen molar-refractivity contribution in [2.75, 3.05) is 30.5 Å². The van der Waals surface area contributed by atoms with Gasteiger partial charge in [-0.2, -0.15) is 8.42 Å². The summed E-state index contributed by atoms with van der Waals surface area (Å²) < 4.78 is 96.1. The molecular formula is C60H71F2N7O19S. The van der Waals surface area contributed by atoms with Crippen LogP contribution in [-0.4, -0.2) is 177 Å². The van der Waals surface area contributed by atoms with Crippen molar-refractivity contribution in [3.8, 4) is 0 Å². The smallest absolute Gasteiger partial charge is 0.294 e. The number of amides is 4. The van der Waals surface area contributed by atoms with Gasteiger partial charge in [-0.3, -0.25) is 23.7 Å². The zero-order valence-corrected chi connectivity index (χ0v) is 50.5. The minimum Gasteiger partial charge on any atom is -0.394 e. The number of rotatable bonds is 10. The normalized spacial score (nSPS) is 28.3. The maximum absolute atomic E-state index is 13.8. The maximum atomic E-state index is 13.8. The van der Waals surface area contributed by atoms with Crippen LogP contribution in [0.4, 0.5) is 20.2 Å². The van der Waals surface area contributed by atoms with Crippen molar-refractivity contribution in [1.29, 1.82) is 0 Å². The molecule has 2 aromatic heterocycles. The van der Waals surface area contributed by atoms with Crippen molar-refractivity contribution in [3.63, 3.8) is 0 Å². The first-order valence-electron chi connectivity index (χ1n) is 28.1. The zero-order chi connectivity index (χ0) is 64.9. The molecule has 7 aliphatic heterocycles. The Bertz CT molecular complexity index is 3720. The molecule has 0 bridgehead atoms. The van der Waals surface area contributed by atoms with Crippen LogP contribution in [0.25, 0.3) is 23.3 Å². The Balaban J connectivity index is 0.000000155. The number of nitrogens with two attached hydrogens (primary N) is 1. The third kappa shape index (κ3) is 14.1. The highest BCUT2D eigenvalue weighted by molar-refractivity contribution is 7.85. The Morgan fingerprint density at radius 2 is 1.02 bits per heavy atom. The van der Waals surface area contributed by atoms with Crippen molar-refractivity contribution in [2.45, 2.75) is 152 Å². The molecule has 0 spiro atoms. The maximum Gasteiger partial charge on any atom is 0.294 e. The lowest BCUT2D eigenvalue weighted by molar-refractivity contribution is -0.192. The van der Waals surface area contributed by atoms with E-state index in [9.17, 15) is 56.8 Å². The monoisotopic (exact) mass is 1260 g/mol. The van der Waals surface area contributed by atoms with Crippen LogP contribution in [0.15, 0.2) is 65.6 Å². The van der Waals surface area contributed by atoms with Gasteiger partial charge in [-0.05, 0) is 134 Å². The standard InChI is InChI=1S/C24H26FN3O6.C21H22FN3O6.C8H15NO4.C7H8O3S/c1-10-16(8-14-13-7-12(25)5-6-15(13)27-21(14)30)26-11(2)18(10)22(31)28-23-20-19(17(9-29)32-23)33-24(3,4)34-20;1-8-14(6-12-11-5-10(22)3-4-13(11)24-19(12)29)23-9(2)16(8)20(30)25-21-18(28)17(27)15(7-26)31-21;1-8(2)12-5-4(3-10)11-7(9)6(5)13-8;1-6-2-4-7(5-3-6)11(8,9)10/h5-8,17,19-20,23,26,29H,9H2,1-4H3,(H,27,30)(H,28,31);3-6,15,17-18,21,23,26-28H,7H2,1-2H3,(H,24,29)(H,25,30);4-7,10H,3,9H2,1-2H3;2-5H,1H3,(H,8,9,10)/b14-8-;12-6-;;/t17-,19-,20-,23-;15-,17-,18-,21-;4-,5-,6-,7-;/m000./s1. The van der Waals surface area contributed by atoms with Crippen LogP contribution >= 0.6 is 0 Å². The predicted molar refractivity (Wildman–Crippen MR) is 313 cm³/mol. The molecule has 29 heteroatoms. The summed E-state index contributed by atoms with van der Waals surface area (Å²) in [6.45, 7) is 15.0. The Morgan fingerprint density at radius 1 is 0.607 bits per heavy atom. The van der Waals surface area contributed by atoms with Crippen molar-refractivity contribution < 1.29 is 99.6 Å². The molecule has 3 aromatic carbocycles. The van der Waals surface area contributed by atoms with Gasteiger partial charge in [0.15, 0.2) is 24.0 Å². The fraction of sp³-hybridized carbons (Fsp3) is 0.433. The number of aliphatic hydroxyl groups excluding tert-OH is 5. The minimum absolute atomic E-state index is 0.0666. The van der Waals surface area contributed by atoms with Crippen molar-refractivity contribution in [1.82, 2.24) is 20.6 Å². The number of halogens is 2. The summed E-state index contributed by atoms with van der Waals surface area (Å²) in [5.41, 5.74) is 13.1. The zero-order valence-electron chi connectivity index (χ0n) is 49.7. The Kier molecular flexibility index (Phi) is 19.3. The number of aromatic nitrogens is 2.